The number of hydrogen-bond acceptors (Lipinski definition) is 4. The van der Waals surface area contributed by atoms with Crippen LogP contribution in [0.15, 0.2) is 20.5 Å². The molecule has 0 spiro atoms. The van der Waals surface area contributed by atoms with Crippen LogP contribution in [0.3, 0.4) is 0 Å². The Balaban J connectivity index is 3.34. The van der Waals surface area contributed by atoms with Gasteiger partial charge in [-0.3, -0.25) is 9.54 Å². The number of nitrogens with one attached hydrogen (secondary N) is 1. The van der Waals surface area contributed by atoms with Gasteiger partial charge in [0.15, 0.2) is 0 Å². The van der Waals surface area contributed by atoms with Crippen molar-refractivity contribution in [3.05, 3.63) is 16.8 Å². The second kappa shape index (κ2) is 1.96. The van der Waals surface area contributed by atoms with Crippen molar-refractivity contribution < 1.29 is 17.4 Å². The van der Waals surface area contributed by atoms with Crippen molar-refractivity contribution in [1.82, 2.24) is 4.98 Å². The van der Waals surface area contributed by atoms with Gasteiger partial charge in [0.05, 0.1) is 0 Å². The Morgan fingerprint density at radius 2 is 2.20 bits per heavy atom. The van der Waals surface area contributed by atoms with Crippen LogP contribution in [0, 0.1) is 0 Å². The molecule has 56 valence electrons. The van der Waals surface area contributed by atoms with E-state index < -0.39 is 20.9 Å². The summed E-state index contributed by atoms with van der Waals surface area (Å²) in [6, 6.07) is 0. The van der Waals surface area contributed by atoms with Crippen molar-refractivity contribution in [3.63, 3.8) is 0 Å². The van der Waals surface area contributed by atoms with Crippen LogP contribution in [0.5, 0.6) is 0 Å². The van der Waals surface area contributed by atoms with Crippen LogP contribution in [0.2, 0.25) is 0 Å². The van der Waals surface area contributed by atoms with E-state index >= 15 is 0 Å². The van der Waals surface area contributed by atoms with Gasteiger partial charge in [0, 0.05) is 0 Å². The fraction of sp³-hybridized carbons (Fsp3) is 0. The molecule has 1 heterocycles. The smallest absolute Gasteiger partial charge is 0.415 e. The second-order valence-electron chi connectivity index (χ2n) is 1.49. The zero-order valence-corrected chi connectivity index (χ0v) is 5.38. The number of rotatable bonds is 1. The summed E-state index contributed by atoms with van der Waals surface area (Å²) in [5, 5.41) is -0.641. The van der Waals surface area contributed by atoms with Crippen molar-refractivity contribution in [3.8, 4) is 0 Å². The first-order chi connectivity index (χ1) is 4.50. The number of aromatic nitrogens is 1. The summed E-state index contributed by atoms with van der Waals surface area (Å²) >= 11 is 0. The minimum absolute atomic E-state index is 0.623. The average Bonchev–Trinajstić information content (AvgIpc) is 2.11. The molecule has 0 fully saturated rings. The molecule has 7 heteroatoms. The first kappa shape index (κ1) is 7.03. The number of oxazole rings is 1. The number of hydrogen-bond donors (Lipinski definition) is 2. The Hall–Kier alpha value is -1.08. The van der Waals surface area contributed by atoms with E-state index in [1.54, 1.807) is 4.98 Å². The summed E-state index contributed by atoms with van der Waals surface area (Å²) in [5.41, 5.74) is 0. The molecular weight excluding hydrogens is 162 g/mol. The summed E-state index contributed by atoms with van der Waals surface area (Å²) in [4.78, 5) is 11.9. The Labute approximate surface area is 55.2 Å². The van der Waals surface area contributed by atoms with Gasteiger partial charge >= 0.3 is 15.9 Å². The zero-order valence-electron chi connectivity index (χ0n) is 4.57. The predicted octanol–water partition coefficient (Wildman–Crippen LogP) is -0.785. The highest BCUT2D eigenvalue weighted by molar-refractivity contribution is 7.85. The molecule has 1 aromatic heterocycles. The lowest BCUT2D eigenvalue weighted by Gasteiger charge is -1.83. The van der Waals surface area contributed by atoms with Crippen LogP contribution in [-0.2, 0) is 10.1 Å². The predicted molar refractivity (Wildman–Crippen MR) is 29.1 cm³/mol. The van der Waals surface area contributed by atoms with E-state index in [1.165, 1.54) is 0 Å². The lowest BCUT2D eigenvalue weighted by atomic mass is 11.0. The van der Waals surface area contributed by atoms with Crippen LogP contribution in [0.4, 0.5) is 0 Å². The Bertz CT molecular complexity index is 370. The van der Waals surface area contributed by atoms with Crippen LogP contribution < -0.4 is 5.76 Å². The average molecular weight is 165 g/mol. The minimum atomic E-state index is -4.33. The van der Waals surface area contributed by atoms with Crippen molar-refractivity contribution in [2.24, 2.45) is 0 Å². The summed E-state index contributed by atoms with van der Waals surface area (Å²) < 4.78 is 32.6. The molecule has 0 saturated carbocycles. The first-order valence-corrected chi connectivity index (χ1v) is 3.59. The molecule has 1 rings (SSSR count). The van der Waals surface area contributed by atoms with Gasteiger partial charge < -0.3 is 4.42 Å². The standard InChI is InChI=1S/C3H3NO5S/c5-3-4-2(1-9-3)10(6,7)8/h1H,(H,4,5)(H,6,7,8). The lowest BCUT2D eigenvalue weighted by molar-refractivity contribution is 0.477. The van der Waals surface area contributed by atoms with E-state index in [1.807, 2.05) is 0 Å². The van der Waals surface area contributed by atoms with E-state index in [2.05, 4.69) is 4.42 Å². The maximum Gasteiger partial charge on any atom is 0.417 e. The monoisotopic (exact) mass is 165 g/mol. The van der Waals surface area contributed by atoms with Crippen molar-refractivity contribution in [1.29, 1.82) is 0 Å². The van der Waals surface area contributed by atoms with E-state index in [-0.39, 0.29) is 0 Å². The molecule has 2 N–H and O–H groups in total. The van der Waals surface area contributed by atoms with E-state index in [4.69, 9.17) is 4.55 Å². The topological polar surface area (TPSA) is 100 Å². The molecule has 0 aliphatic rings. The zero-order chi connectivity index (χ0) is 7.78. The highest BCUT2D eigenvalue weighted by Gasteiger charge is 2.11. The van der Waals surface area contributed by atoms with Crippen molar-refractivity contribution in [2.45, 2.75) is 5.03 Å². The van der Waals surface area contributed by atoms with Gasteiger partial charge in [0.1, 0.15) is 6.26 Å². The highest BCUT2D eigenvalue weighted by Crippen LogP contribution is 1.98. The normalized spacial score (nSPS) is 11.7. The largest absolute Gasteiger partial charge is 0.417 e. The van der Waals surface area contributed by atoms with E-state index in [0.717, 1.165) is 0 Å². The van der Waals surface area contributed by atoms with E-state index in [9.17, 15) is 13.2 Å². The van der Waals surface area contributed by atoms with Gasteiger partial charge in [0.2, 0.25) is 5.03 Å². The SMILES string of the molecule is O=c1[nH]c(S(=O)(=O)O)co1. The molecule has 10 heavy (non-hydrogen) atoms. The molecule has 0 aliphatic heterocycles. The molecule has 0 atom stereocenters. The third-order valence-electron chi connectivity index (χ3n) is 0.776. The summed E-state index contributed by atoms with van der Waals surface area (Å²) in [6.45, 7) is 0. The third kappa shape index (κ3) is 1.25. The lowest BCUT2D eigenvalue weighted by Crippen LogP contribution is -2.02. The maximum atomic E-state index is 10.2. The molecular formula is C3H3NO5S. The fourth-order valence-electron chi connectivity index (χ4n) is 0.392. The van der Waals surface area contributed by atoms with Crippen LogP contribution in [0.1, 0.15) is 0 Å². The Morgan fingerprint density at radius 3 is 2.40 bits per heavy atom. The third-order valence-corrected chi connectivity index (χ3v) is 1.53. The highest BCUT2D eigenvalue weighted by atomic mass is 32.2. The van der Waals surface area contributed by atoms with Crippen LogP contribution in [-0.4, -0.2) is 18.0 Å². The molecule has 0 aliphatic carbocycles. The maximum absolute atomic E-state index is 10.2. The molecule has 0 aromatic carbocycles. The Morgan fingerprint density at radius 1 is 1.60 bits per heavy atom. The summed E-state index contributed by atoms with van der Waals surface area (Å²) in [7, 11) is -4.33. The number of aromatic amines is 1. The van der Waals surface area contributed by atoms with Gasteiger partial charge in [-0.1, -0.05) is 0 Å². The minimum Gasteiger partial charge on any atom is -0.415 e. The molecule has 0 bridgehead atoms. The van der Waals surface area contributed by atoms with Crippen molar-refractivity contribution >= 4 is 10.1 Å². The van der Waals surface area contributed by atoms with Gasteiger partial charge in [-0.15, -0.1) is 0 Å². The molecule has 0 unspecified atom stereocenters. The number of H-pyrrole nitrogens is 1. The van der Waals surface area contributed by atoms with Crippen molar-refractivity contribution in [2.75, 3.05) is 0 Å². The fourth-order valence-corrected chi connectivity index (χ4v) is 0.774. The summed E-state index contributed by atoms with van der Waals surface area (Å²) in [5.74, 6) is -0.923. The van der Waals surface area contributed by atoms with Gasteiger partial charge in [-0.2, -0.15) is 8.42 Å². The van der Waals surface area contributed by atoms with Crippen LogP contribution >= 0.6 is 0 Å². The second-order valence-corrected chi connectivity index (χ2v) is 2.88. The van der Waals surface area contributed by atoms with Crippen LogP contribution in [0.25, 0.3) is 0 Å². The van der Waals surface area contributed by atoms with Gasteiger partial charge in [0.25, 0.3) is 0 Å². The molecule has 1 aromatic rings. The summed E-state index contributed by atoms with van der Waals surface area (Å²) in [6.07, 6.45) is 0.623. The molecule has 0 radical (unpaired) electrons. The van der Waals surface area contributed by atoms with Gasteiger partial charge in [-0.25, -0.2) is 4.79 Å². The quantitative estimate of drug-likeness (QED) is 0.531. The molecule has 0 saturated heterocycles. The Kier molecular flexibility index (Phi) is 1.38. The van der Waals surface area contributed by atoms with Gasteiger partial charge in [-0.05, 0) is 0 Å². The molecule has 6 nitrogen and oxygen atoms in total. The van der Waals surface area contributed by atoms with E-state index in [0.29, 0.717) is 6.26 Å². The molecule has 0 amide bonds. The first-order valence-electron chi connectivity index (χ1n) is 2.15.